The number of benzene rings is 3. The van der Waals surface area contributed by atoms with Crippen molar-refractivity contribution in [3.63, 3.8) is 0 Å². The van der Waals surface area contributed by atoms with Crippen molar-refractivity contribution in [2.75, 3.05) is 26.2 Å². The summed E-state index contributed by atoms with van der Waals surface area (Å²) in [5.74, 6) is -0.00841. The number of hydrogen-bond donors (Lipinski definition) is 2. The Morgan fingerprint density at radius 1 is 0.941 bits per heavy atom. The van der Waals surface area contributed by atoms with E-state index in [-0.39, 0.29) is 0 Å². The number of piperidine rings is 1. The molecule has 0 bridgehead atoms. The number of carboxylic acids is 1. The molecule has 1 aliphatic carbocycles. The van der Waals surface area contributed by atoms with Gasteiger partial charge in [-0.1, -0.05) is 54.6 Å². The maximum Gasteiger partial charge on any atom is 0.335 e. The van der Waals surface area contributed by atoms with Crippen LogP contribution in [-0.4, -0.2) is 54.3 Å². The van der Waals surface area contributed by atoms with Crippen molar-refractivity contribution in [2.24, 2.45) is 0 Å². The Bertz CT molecular complexity index is 1160. The summed E-state index contributed by atoms with van der Waals surface area (Å²) in [5, 5.41) is 15.0. The van der Waals surface area contributed by atoms with E-state index in [0.717, 1.165) is 36.3 Å². The molecular weight excluding hydrogens is 424 g/mol. The van der Waals surface area contributed by atoms with Crippen LogP contribution in [0, 0.1) is 0 Å². The molecule has 2 aliphatic rings. The number of nitrogens with one attached hydrogen (secondary N) is 1. The summed E-state index contributed by atoms with van der Waals surface area (Å²) < 4.78 is 6.40. The zero-order chi connectivity index (χ0) is 23.3. The van der Waals surface area contributed by atoms with E-state index in [1.165, 1.54) is 36.6 Å². The number of carbonyl (C=O) groups is 1. The van der Waals surface area contributed by atoms with Gasteiger partial charge in [-0.05, 0) is 73.5 Å². The number of nitrogens with zero attached hydrogens (tertiary/aromatic N) is 1. The van der Waals surface area contributed by atoms with Crippen molar-refractivity contribution in [2.45, 2.75) is 37.8 Å². The van der Waals surface area contributed by atoms with Crippen molar-refractivity contribution < 1.29 is 14.6 Å². The predicted octanol–water partition coefficient (Wildman–Crippen LogP) is 5.22. The van der Waals surface area contributed by atoms with E-state index in [4.69, 9.17) is 4.74 Å². The van der Waals surface area contributed by atoms with Crippen LogP contribution in [0.25, 0.3) is 16.8 Å². The summed E-state index contributed by atoms with van der Waals surface area (Å²) in [5.41, 5.74) is 2.52. The van der Waals surface area contributed by atoms with Gasteiger partial charge in [-0.3, -0.25) is 4.90 Å². The third kappa shape index (κ3) is 5.49. The van der Waals surface area contributed by atoms with E-state index in [2.05, 4.69) is 34.5 Å². The van der Waals surface area contributed by atoms with Crippen molar-refractivity contribution >= 4 is 22.8 Å². The number of carboxylic acid groups (broad SMARTS) is 1. The maximum absolute atomic E-state index is 11.3. The summed E-state index contributed by atoms with van der Waals surface area (Å²) in [7, 11) is 0. The fraction of sp³-hybridized carbons (Fsp3) is 0.345. The average Bonchev–Trinajstić information content (AvgIpc) is 3.72. The number of fused-ring (bicyclic) bond motifs is 1. The van der Waals surface area contributed by atoms with Gasteiger partial charge in [0.05, 0.1) is 5.56 Å². The first-order valence-electron chi connectivity index (χ1n) is 12.3. The minimum atomic E-state index is -0.902. The topological polar surface area (TPSA) is 61.8 Å². The summed E-state index contributed by atoms with van der Waals surface area (Å²) >= 11 is 0. The SMILES string of the molecule is O=C(O)c1ccc(C=C(COc2cccc3ccccc23)CN(C2CCNCC2)C2CC2)cc1. The minimum absolute atomic E-state index is 0.306. The van der Waals surface area contributed by atoms with Crippen LogP contribution in [0.5, 0.6) is 5.75 Å². The summed E-state index contributed by atoms with van der Waals surface area (Å²) in [4.78, 5) is 13.9. The molecule has 2 fully saturated rings. The largest absolute Gasteiger partial charge is 0.489 e. The van der Waals surface area contributed by atoms with Crippen molar-refractivity contribution in [3.8, 4) is 5.75 Å². The Morgan fingerprint density at radius 3 is 2.38 bits per heavy atom. The molecule has 1 saturated heterocycles. The van der Waals surface area contributed by atoms with Crippen LogP contribution in [-0.2, 0) is 0 Å². The lowest BCUT2D eigenvalue weighted by atomic mass is 10.0. The summed E-state index contributed by atoms with van der Waals surface area (Å²) in [6.07, 6.45) is 7.08. The highest BCUT2D eigenvalue weighted by Crippen LogP contribution is 2.32. The second-order valence-electron chi connectivity index (χ2n) is 9.38. The Morgan fingerprint density at radius 2 is 1.65 bits per heavy atom. The highest BCUT2D eigenvalue weighted by atomic mass is 16.5. The molecule has 0 radical (unpaired) electrons. The van der Waals surface area contributed by atoms with Crippen LogP contribution in [0.1, 0.15) is 41.6 Å². The van der Waals surface area contributed by atoms with Crippen molar-refractivity contribution in [1.82, 2.24) is 10.2 Å². The molecule has 1 aliphatic heterocycles. The Labute approximate surface area is 201 Å². The van der Waals surface area contributed by atoms with Gasteiger partial charge in [-0.25, -0.2) is 4.79 Å². The molecule has 34 heavy (non-hydrogen) atoms. The summed E-state index contributed by atoms with van der Waals surface area (Å²) in [6.45, 7) is 3.54. The van der Waals surface area contributed by atoms with Crippen LogP contribution < -0.4 is 10.1 Å². The number of ether oxygens (including phenoxy) is 1. The van der Waals surface area contributed by atoms with Gasteiger partial charge < -0.3 is 15.2 Å². The third-order valence-corrected chi connectivity index (χ3v) is 6.87. The summed E-state index contributed by atoms with van der Waals surface area (Å²) in [6, 6.07) is 22.8. The van der Waals surface area contributed by atoms with Gasteiger partial charge in [-0.2, -0.15) is 0 Å². The Kier molecular flexibility index (Phi) is 6.93. The molecule has 5 nitrogen and oxygen atoms in total. The van der Waals surface area contributed by atoms with Crippen LogP contribution in [0.3, 0.4) is 0 Å². The smallest absolute Gasteiger partial charge is 0.335 e. The molecule has 0 aromatic heterocycles. The molecule has 176 valence electrons. The molecule has 5 heteroatoms. The van der Waals surface area contributed by atoms with E-state index in [9.17, 15) is 9.90 Å². The van der Waals surface area contributed by atoms with E-state index in [1.54, 1.807) is 12.1 Å². The van der Waals surface area contributed by atoms with Gasteiger partial charge in [0.1, 0.15) is 12.4 Å². The normalized spacial score (nSPS) is 17.3. The second kappa shape index (κ2) is 10.4. The van der Waals surface area contributed by atoms with Gasteiger partial charge in [0, 0.05) is 24.0 Å². The maximum atomic E-state index is 11.3. The van der Waals surface area contributed by atoms with Gasteiger partial charge in [0.2, 0.25) is 0 Å². The minimum Gasteiger partial charge on any atom is -0.489 e. The zero-order valence-corrected chi connectivity index (χ0v) is 19.5. The zero-order valence-electron chi connectivity index (χ0n) is 19.5. The molecule has 0 amide bonds. The standard InChI is InChI=1S/C29H32N2O3/c32-29(33)24-10-8-21(9-11-24)18-22(19-31(25-12-13-25)26-14-16-30-17-15-26)20-34-28-7-3-5-23-4-1-2-6-27(23)28/h1-11,18,25-26,30H,12-17,19-20H2,(H,32,33). The van der Waals surface area contributed by atoms with Crippen molar-refractivity contribution in [3.05, 3.63) is 83.4 Å². The van der Waals surface area contributed by atoms with E-state index >= 15 is 0 Å². The predicted molar refractivity (Wildman–Crippen MR) is 136 cm³/mol. The molecule has 1 saturated carbocycles. The van der Waals surface area contributed by atoms with Crippen LogP contribution in [0.15, 0.2) is 72.3 Å². The third-order valence-electron chi connectivity index (χ3n) is 6.87. The van der Waals surface area contributed by atoms with Crippen LogP contribution in [0.4, 0.5) is 0 Å². The highest BCUT2D eigenvalue weighted by Gasteiger charge is 2.34. The Balaban J connectivity index is 1.40. The highest BCUT2D eigenvalue weighted by molar-refractivity contribution is 5.88. The lowest BCUT2D eigenvalue weighted by Crippen LogP contribution is -2.45. The van der Waals surface area contributed by atoms with Gasteiger partial charge >= 0.3 is 5.97 Å². The first kappa shape index (κ1) is 22.6. The molecule has 0 atom stereocenters. The number of rotatable bonds is 9. The molecule has 1 heterocycles. The average molecular weight is 457 g/mol. The van der Waals surface area contributed by atoms with E-state index < -0.39 is 5.97 Å². The molecule has 3 aromatic rings. The lowest BCUT2D eigenvalue weighted by molar-refractivity contribution is 0.0697. The van der Waals surface area contributed by atoms with E-state index in [0.29, 0.717) is 24.3 Å². The van der Waals surface area contributed by atoms with Crippen LogP contribution in [0.2, 0.25) is 0 Å². The number of hydrogen-bond acceptors (Lipinski definition) is 4. The molecule has 3 aromatic carbocycles. The first-order valence-corrected chi connectivity index (χ1v) is 12.3. The lowest BCUT2D eigenvalue weighted by Gasteiger charge is -2.35. The second-order valence-corrected chi connectivity index (χ2v) is 9.38. The number of aromatic carboxylic acids is 1. The Hall–Kier alpha value is -3.15. The van der Waals surface area contributed by atoms with Gasteiger partial charge in [-0.15, -0.1) is 0 Å². The monoisotopic (exact) mass is 456 g/mol. The van der Waals surface area contributed by atoms with E-state index in [1.807, 2.05) is 36.4 Å². The van der Waals surface area contributed by atoms with Crippen LogP contribution >= 0.6 is 0 Å². The fourth-order valence-corrected chi connectivity index (χ4v) is 4.92. The van der Waals surface area contributed by atoms with Gasteiger partial charge in [0.25, 0.3) is 0 Å². The fourth-order valence-electron chi connectivity index (χ4n) is 4.92. The molecular formula is C29H32N2O3. The molecule has 0 spiro atoms. The quantitative estimate of drug-likeness (QED) is 0.462. The van der Waals surface area contributed by atoms with Crippen molar-refractivity contribution in [1.29, 1.82) is 0 Å². The molecule has 2 N–H and O–H groups in total. The molecule has 5 rings (SSSR count). The van der Waals surface area contributed by atoms with Gasteiger partial charge in [0.15, 0.2) is 0 Å². The first-order chi connectivity index (χ1) is 16.7. The molecule has 0 unspecified atom stereocenters.